The quantitative estimate of drug-likeness (QED) is 0.0212. The van der Waals surface area contributed by atoms with Gasteiger partial charge in [-0.25, -0.2) is 0 Å². The van der Waals surface area contributed by atoms with E-state index in [-0.39, 0.29) is 24.9 Å². The van der Waals surface area contributed by atoms with E-state index in [1.165, 1.54) is 96.3 Å². The predicted molar refractivity (Wildman–Crippen MR) is 344 cm³/mol. The van der Waals surface area contributed by atoms with Gasteiger partial charge in [-0.2, -0.15) is 0 Å². The molecule has 0 spiro atoms. The van der Waals surface area contributed by atoms with Crippen molar-refractivity contribution in [2.24, 2.45) is 0 Å². The minimum Gasteiger partial charge on any atom is -0.756 e. The van der Waals surface area contributed by atoms with Crippen LogP contribution in [0, 0.1) is 0 Å². The van der Waals surface area contributed by atoms with Gasteiger partial charge in [0.25, 0.3) is 7.82 Å². The van der Waals surface area contributed by atoms with E-state index in [1.54, 1.807) is 0 Å². The molecule has 0 aliphatic rings. The molecule has 0 bridgehead atoms. The molecule has 9 nitrogen and oxygen atoms in total. The number of nitrogens with one attached hydrogen (secondary N) is 1. The van der Waals surface area contributed by atoms with Crippen LogP contribution in [0.3, 0.4) is 0 Å². The number of carbonyl (C=O) groups is 2. The average molecular weight is 1140 g/mol. The molecule has 0 heterocycles. The lowest BCUT2D eigenvalue weighted by Gasteiger charge is -2.30. The normalized spacial score (nSPS) is 14.3. The Morgan fingerprint density at radius 1 is 0.450 bits per heavy atom. The molecule has 0 fully saturated rings. The SMILES string of the molecule is CC/C=C\C/C=C\C/C=C\C/C=C\C/C=C\C/C=C\CCCCCCCCC(=O)NC(COP(=O)([O-])OCC[N+](C)(C)C)C(/C=C\CCCCCCCCCCCC)OC(=O)CCCCCCCCC/C=C\C/C=C\CCCCC. The van der Waals surface area contributed by atoms with E-state index in [0.717, 1.165) is 128 Å². The molecule has 1 N–H and O–H groups in total. The molecule has 0 aliphatic carbocycles. The summed E-state index contributed by atoms with van der Waals surface area (Å²) in [5, 5.41) is 3.02. The zero-order valence-electron chi connectivity index (χ0n) is 52.5. The molecule has 0 rings (SSSR count). The van der Waals surface area contributed by atoms with E-state index in [1.807, 2.05) is 33.3 Å². The van der Waals surface area contributed by atoms with Crippen LogP contribution >= 0.6 is 7.82 Å². The first-order valence-corrected chi connectivity index (χ1v) is 34.2. The van der Waals surface area contributed by atoms with Gasteiger partial charge in [-0.15, -0.1) is 0 Å². The van der Waals surface area contributed by atoms with Crippen molar-refractivity contribution in [2.75, 3.05) is 40.9 Å². The number of ether oxygens (including phenoxy) is 1. The molecule has 80 heavy (non-hydrogen) atoms. The first-order chi connectivity index (χ1) is 38.9. The van der Waals surface area contributed by atoms with E-state index in [4.69, 9.17) is 13.8 Å². The summed E-state index contributed by atoms with van der Waals surface area (Å²) in [6, 6.07) is -0.907. The standard InChI is InChI=1S/C70H123N2O7P/c1-7-10-13-16-19-22-25-28-30-32-33-34-35-36-37-38-39-41-42-44-47-50-53-56-59-62-69(73)71-67(66-78-80(75,76)77-65-64-72(4,5)6)68(61-58-55-52-49-46-27-24-21-18-15-12-9-3)79-70(74)63-60-57-54-51-48-45-43-40-31-29-26-23-20-17-14-11-8-2/h10,13,19-20,22-23,28-31,33-34,36-37,39,41,58,61,67-68H,7-9,11-12,14-18,21,24-27,32,35,38,40,42-57,59-60,62-66H2,1-6H3,(H-,71,73,75,76)/b13-10-,22-19-,23-20-,30-28-,31-29-,34-33-,37-36-,41-39-,61-58-. The average Bonchev–Trinajstić information content (AvgIpc) is 3.42. The lowest BCUT2D eigenvalue weighted by molar-refractivity contribution is -0.870. The van der Waals surface area contributed by atoms with Gasteiger partial charge in [0.15, 0.2) is 0 Å². The molecule has 0 radical (unpaired) electrons. The molecule has 0 saturated carbocycles. The van der Waals surface area contributed by atoms with Crippen LogP contribution in [0.25, 0.3) is 0 Å². The van der Waals surface area contributed by atoms with Crippen LogP contribution in [0.15, 0.2) is 109 Å². The number of amides is 1. The zero-order valence-corrected chi connectivity index (χ0v) is 53.4. The molecule has 0 aromatic carbocycles. The number of allylic oxidation sites excluding steroid dienone is 17. The molecule has 0 aliphatic heterocycles. The minimum atomic E-state index is -4.71. The number of unbranched alkanes of at least 4 members (excludes halogenated alkanes) is 26. The van der Waals surface area contributed by atoms with E-state index >= 15 is 0 Å². The number of carbonyl (C=O) groups excluding carboxylic acids is 2. The van der Waals surface area contributed by atoms with Gasteiger partial charge in [-0.05, 0) is 115 Å². The number of likely N-dealkylation sites (N-methyl/N-ethyl adjacent to an activating group) is 1. The zero-order chi connectivity index (χ0) is 58.6. The summed E-state index contributed by atoms with van der Waals surface area (Å²) in [7, 11) is 1.16. The predicted octanol–water partition coefficient (Wildman–Crippen LogP) is 19.9. The Kier molecular flexibility index (Phi) is 56.4. The summed E-state index contributed by atoms with van der Waals surface area (Å²) < 4.78 is 30.3. The van der Waals surface area contributed by atoms with Gasteiger partial charge in [0.1, 0.15) is 19.3 Å². The van der Waals surface area contributed by atoms with Crippen LogP contribution < -0.4 is 10.2 Å². The summed E-state index contributed by atoms with van der Waals surface area (Å²) in [6.07, 6.45) is 80.5. The summed E-state index contributed by atoms with van der Waals surface area (Å²) in [5.41, 5.74) is 0. The van der Waals surface area contributed by atoms with Crippen molar-refractivity contribution in [3.8, 4) is 0 Å². The molecule has 10 heteroatoms. The van der Waals surface area contributed by atoms with Crippen molar-refractivity contribution >= 4 is 19.7 Å². The number of hydrogen-bond donors (Lipinski definition) is 1. The van der Waals surface area contributed by atoms with Gasteiger partial charge in [-0.1, -0.05) is 252 Å². The van der Waals surface area contributed by atoms with E-state index in [0.29, 0.717) is 30.3 Å². The van der Waals surface area contributed by atoms with Crippen molar-refractivity contribution in [1.82, 2.24) is 5.32 Å². The minimum absolute atomic E-state index is 0.0321. The second kappa shape index (κ2) is 58.9. The van der Waals surface area contributed by atoms with Crippen molar-refractivity contribution < 1.29 is 37.3 Å². The Bertz CT molecular complexity index is 1740. The van der Waals surface area contributed by atoms with Crippen molar-refractivity contribution in [2.45, 2.75) is 283 Å². The Hall–Kier alpha value is -3.33. The number of esters is 1. The summed E-state index contributed by atoms with van der Waals surface area (Å²) in [5.74, 6) is -0.570. The van der Waals surface area contributed by atoms with Crippen molar-refractivity contribution in [3.63, 3.8) is 0 Å². The van der Waals surface area contributed by atoms with Crippen molar-refractivity contribution in [3.05, 3.63) is 109 Å². The van der Waals surface area contributed by atoms with Gasteiger partial charge < -0.3 is 28.5 Å². The Labute approximate surface area is 493 Å². The fourth-order valence-corrected chi connectivity index (χ4v) is 9.63. The highest BCUT2D eigenvalue weighted by atomic mass is 31.2. The number of quaternary nitrogens is 1. The lowest BCUT2D eigenvalue weighted by Crippen LogP contribution is -2.47. The fraction of sp³-hybridized carbons (Fsp3) is 0.714. The number of hydrogen-bond acceptors (Lipinski definition) is 7. The van der Waals surface area contributed by atoms with E-state index < -0.39 is 26.6 Å². The molecule has 3 unspecified atom stereocenters. The third kappa shape index (κ3) is 59.3. The van der Waals surface area contributed by atoms with Gasteiger partial charge in [-0.3, -0.25) is 14.2 Å². The lowest BCUT2D eigenvalue weighted by atomic mass is 10.0. The maximum atomic E-state index is 13.6. The number of phosphoric ester groups is 1. The highest BCUT2D eigenvalue weighted by molar-refractivity contribution is 7.45. The molecule has 1 amide bonds. The topological polar surface area (TPSA) is 114 Å². The molecule has 0 saturated heterocycles. The van der Waals surface area contributed by atoms with Crippen LogP contribution in [-0.4, -0.2) is 69.4 Å². The van der Waals surface area contributed by atoms with Crippen LogP contribution in [-0.2, 0) is 27.9 Å². The Morgan fingerprint density at radius 2 is 0.800 bits per heavy atom. The fourth-order valence-electron chi connectivity index (χ4n) is 8.91. The smallest absolute Gasteiger partial charge is 0.306 e. The molecular weight excluding hydrogens is 1010 g/mol. The number of phosphoric acid groups is 1. The highest BCUT2D eigenvalue weighted by Crippen LogP contribution is 2.38. The molecule has 0 aromatic rings. The van der Waals surface area contributed by atoms with Gasteiger partial charge in [0.2, 0.25) is 5.91 Å². The van der Waals surface area contributed by atoms with E-state index in [2.05, 4.69) is 123 Å². The van der Waals surface area contributed by atoms with Gasteiger partial charge in [0, 0.05) is 12.8 Å². The summed E-state index contributed by atoms with van der Waals surface area (Å²) in [4.78, 5) is 40.1. The molecule has 0 aromatic heterocycles. The maximum Gasteiger partial charge on any atom is 0.306 e. The first kappa shape index (κ1) is 76.7. The summed E-state index contributed by atoms with van der Waals surface area (Å²) >= 11 is 0. The van der Waals surface area contributed by atoms with Gasteiger partial charge in [0.05, 0.1) is 33.8 Å². The van der Waals surface area contributed by atoms with Crippen LogP contribution in [0.2, 0.25) is 0 Å². The second-order valence-corrected chi connectivity index (χ2v) is 24.3. The first-order valence-electron chi connectivity index (χ1n) is 32.7. The monoisotopic (exact) mass is 1130 g/mol. The van der Waals surface area contributed by atoms with Crippen LogP contribution in [0.4, 0.5) is 0 Å². The van der Waals surface area contributed by atoms with Crippen LogP contribution in [0.1, 0.15) is 271 Å². The molecule has 3 atom stereocenters. The molecule has 460 valence electrons. The van der Waals surface area contributed by atoms with Crippen LogP contribution in [0.5, 0.6) is 0 Å². The second-order valence-electron chi connectivity index (χ2n) is 22.9. The Balaban J connectivity index is 5.22. The number of nitrogens with zero attached hydrogens (tertiary/aromatic N) is 1. The third-order valence-electron chi connectivity index (χ3n) is 13.9. The highest BCUT2D eigenvalue weighted by Gasteiger charge is 2.27. The van der Waals surface area contributed by atoms with Gasteiger partial charge >= 0.3 is 5.97 Å². The Morgan fingerprint density at radius 3 is 1.23 bits per heavy atom. The van der Waals surface area contributed by atoms with E-state index in [9.17, 15) is 19.0 Å². The van der Waals surface area contributed by atoms with Crippen molar-refractivity contribution in [1.29, 1.82) is 0 Å². The largest absolute Gasteiger partial charge is 0.756 e. The number of rotatable bonds is 58. The summed E-state index contributed by atoms with van der Waals surface area (Å²) in [6.45, 7) is 6.68. The molecular formula is C70H123N2O7P. The maximum absolute atomic E-state index is 13.6. The third-order valence-corrected chi connectivity index (χ3v) is 14.9.